The summed E-state index contributed by atoms with van der Waals surface area (Å²) in [5, 5.41) is 10.0. The molecule has 1 heteroatoms. The van der Waals surface area contributed by atoms with Gasteiger partial charge in [0.15, 0.2) is 0 Å². The number of unbranched alkanes of at least 4 members (excludes halogenated alkanes) is 6. The summed E-state index contributed by atoms with van der Waals surface area (Å²) in [4.78, 5) is 0. The smallest absolute Gasteiger partial charge is 0.0750 e. The Kier molecular flexibility index (Phi) is 8.42. The molecule has 0 aromatic carbocycles. The highest BCUT2D eigenvalue weighted by atomic mass is 16.3. The maximum absolute atomic E-state index is 10.0. The second-order valence-corrected chi connectivity index (χ2v) is 5.45. The van der Waals surface area contributed by atoms with Crippen molar-refractivity contribution >= 4 is 0 Å². The molecule has 0 saturated carbocycles. The van der Waals surface area contributed by atoms with Crippen LogP contribution in [0.1, 0.15) is 84.0 Å². The summed E-state index contributed by atoms with van der Waals surface area (Å²) >= 11 is 0. The van der Waals surface area contributed by atoms with Crippen molar-refractivity contribution in [3.05, 3.63) is 11.6 Å². The molecule has 1 atom stereocenters. The quantitative estimate of drug-likeness (QED) is 0.443. The van der Waals surface area contributed by atoms with E-state index in [1.165, 1.54) is 69.8 Å². The van der Waals surface area contributed by atoms with Crippen LogP contribution < -0.4 is 0 Å². The average Bonchev–Trinajstić information content (AvgIpc) is 2.38. The van der Waals surface area contributed by atoms with Crippen molar-refractivity contribution in [1.82, 2.24) is 0 Å². The molecule has 0 aromatic heterocycles. The fourth-order valence-corrected chi connectivity index (χ4v) is 2.65. The van der Waals surface area contributed by atoms with E-state index in [1.54, 1.807) is 0 Å². The molecule has 0 aliphatic heterocycles. The number of aliphatic hydroxyl groups excluding tert-OH is 1. The largest absolute Gasteiger partial charge is 0.389 e. The van der Waals surface area contributed by atoms with Crippen LogP contribution in [0, 0.1) is 0 Å². The zero-order chi connectivity index (χ0) is 12.3. The number of rotatable bonds is 9. The molecule has 0 amide bonds. The minimum atomic E-state index is -0.133. The first-order chi connectivity index (χ1) is 8.34. The molecule has 1 aliphatic rings. The third-order valence-corrected chi connectivity index (χ3v) is 3.84. The molecule has 0 bridgehead atoms. The Hall–Kier alpha value is -0.300. The number of aliphatic hydroxyl groups is 1. The van der Waals surface area contributed by atoms with E-state index in [0.29, 0.717) is 0 Å². The van der Waals surface area contributed by atoms with Gasteiger partial charge in [0.05, 0.1) is 6.10 Å². The van der Waals surface area contributed by atoms with Crippen LogP contribution in [-0.2, 0) is 0 Å². The first-order valence-corrected chi connectivity index (χ1v) is 7.71. The summed E-state index contributed by atoms with van der Waals surface area (Å²) in [6, 6.07) is 0. The highest BCUT2D eigenvalue weighted by Crippen LogP contribution is 2.23. The van der Waals surface area contributed by atoms with Gasteiger partial charge in [0.2, 0.25) is 0 Å². The minimum absolute atomic E-state index is 0.133. The van der Waals surface area contributed by atoms with E-state index in [9.17, 15) is 5.11 Å². The Morgan fingerprint density at radius 2 is 1.76 bits per heavy atom. The van der Waals surface area contributed by atoms with Crippen LogP contribution in [0.5, 0.6) is 0 Å². The molecule has 0 saturated heterocycles. The molecule has 0 aromatic rings. The average molecular weight is 238 g/mol. The lowest BCUT2D eigenvalue weighted by atomic mass is 9.92. The van der Waals surface area contributed by atoms with Gasteiger partial charge in [-0.1, -0.05) is 57.9 Å². The summed E-state index contributed by atoms with van der Waals surface area (Å²) in [5.41, 5.74) is 1.32. The van der Waals surface area contributed by atoms with Gasteiger partial charge in [-0.2, -0.15) is 0 Å². The van der Waals surface area contributed by atoms with Crippen molar-refractivity contribution in [2.24, 2.45) is 0 Å². The molecule has 100 valence electrons. The summed E-state index contributed by atoms with van der Waals surface area (Å²) in [6.45, 7) is 2.26. The van der Waals surface area contributed by atoms with Gasteiger partial charge in [-0.25, -0.2) is 0 Å². The number of hydrogen-bond donors (Lipinski definition) is 1. The van der Waals surface area contributed by atoms with Gasteiger partial charge >= 0.3 is 0 Å². The predicted molar refractivity (Wildman–Crippen MR) is 75.2 cm³/mol. The standard InChI is InChI=1S/C16H30O/c1-2-3-4-5-6-7-11-14-16(17)15-12-9-8-10-13-15/h12,16-17H,2-11,13-14H2,1H3. The molecule has 0 radical (unpaired) electrons. The summed E-state index contributed by atoms with van der Waals surface area (Å²) < 4.78 is 0. The topological polar surface area (TPSA) is 20.2 Å². The van der Waals surface area contributed by atoms with E-state index in [0.717, 1.165) is 12.8 Å². The fraction of sp³-hybridized carbons (Fsp3) is 0.875. The van der Waals surface area contributed by atoms with E-state index >= 15 is 0 Å². The van der Waals surface area contributed by atoms with Gasteiger partial charge in [-0.3, -0.25) is 0 Å². The molecular weight excluding hydrogens is 208 g/mol. The second kappa shape index (κ2) is 9.70. The molecule has 17 heavy (non-hydrogen) atoms. The van der Waals surface area contributed by atoms with Crippen LogP contribution in [0.25, 0.3) is 0 Å². The van der Waals surface area contributed by atoms with Crippen LogP contribution in [0.2, 0.25) is 0 Å². The molecule has 1 aliphatic carbocycles. The van der Waals surface area contributed by atoms with E-state index in [-0.39, 0.29) is 6.10 Å². The normalized spacial score (nSPS) is 17.9. The summed E-state index contributed by atoms with van der Waals surface area (Å²) in [6.07, 6.45) is 17.4. The molecule has 0 fully saturated rings. The molecular formula is C16H30O. The lowest BCUT2D eigenvalue weighted by molar-refractivity contribution is 0.189. The molecule has 1 unspecified atom stereocenters. The lowest BCUT2D eigenvalue weighted by Crippen LogP contribution is -2.12. The number of allylic oxidation sites excluding steroid dienone is 1. The van der Waals surface area contributed by atoms with E-state index in [2.05, 4.69) is 13.0 Å². The molecule has 1 nitrogen and oxygen atoms in total. The Labute approximate surface area is 107 Å². The van der Waals surface area contributed by atoms with Gasteiger partial charge < -0.3 is 5.11 Å². The first kappa shape index (κ1) is 14.8. The van der Waals surface area contributed by atoms with E-state index in [1.807, 2.05) is 0 Å². The van der Waals surface area contributed by atoms with Crippen LogP contribution in [0.15, 0.2) is 11.6 Å². The maximum Gasteiger partial charge on any atom is 0.0750 e. The predicted octanol–water partition coefficient (Wildman–Crippen LogP) is 4.99. The van der Waals surface area contributed by atoms with Gasteiger partial charge in [-0.15, -0.1) is 0 Å². The Bertz CT molecular complexity index is 208. The van der Waals surface area contributed by atoms with E-state index in [4.69, 9.17) is 0 Å². The minimum Gasteiger partial charge on any atom is -0.389 e. The third kappa shape index (κ3) is 6.88. The zero-order valence-electron chi connectivity index (χ0n) is 11.6. The second-order valence-electron chi connectivity index (χ2n) is 5.45. The third-order valence-electron chi connectivity index (χ3n) is 3.84. The molecule has 1 rings (SSSR count). The highest BCUT2D eigenvalue weighted by Gasteiger charge is 2.12. The SMILES string of the molecule is CCCCCCCCCC(O)C1=CCCCC1. The monoisotopic (exact) mass is 238 g/mol. The summed E-state index contributed by atoms with van der Waals surface area (Å²) in [7, 11) is 0. The van der Waals surface area contributed by atoms with Crippen LogP contribution in [-0.4, -0.2) is 11.2 Å². The van der Waals surface area contributed by atoms with Crippen LogP contribution in [0.4, 0.5) is 0 Å². The van der Waals surface area contributed by atoms with Crippen molar-refractivity contribution < 1.29 is 5.11 Å². The first-order valence-electron chi connectivity index (χ1n) is 7.71. The Balaban J connectivity index is 1.96. The van der Waals surface area contributed by atoms with Crippen molar-refractivity contribution in [2.75, 3.05) is 0 Å². The molecule has 1 N–H and O–H groups in total. The van der Waals surface area contributed by atoms with Gasteiger partial charge in [-0.05, 0) is 37.7 Å². The highest BCUT2D eigenvalue weighted by molar-refractivity contribution is 5.10. The van der Waals surface area contributed by atoms with Crippen LogP contribution >= 0.6 is 0 Å². The zero-order valence-corrected chi connectivity index (χ0v) is 11.6. The maximum atomic E-state index is 10.0. The van der Waals surface area contributed by atoms with Crippen molar-refractivity contribution in [1.29, 1.82) is 0 Å². The Morgan fingerprint density at radius 1 is 1.06 bits per heavy atom. The summed E-state index contributed by atoms with van der Waals surface area (Å²) in [5.74, 6) is 0. The number of hydrogen-bond acceptors (Lipinski definition) is 1. The van der Waals surface area contributed by atoms with Crippen molar-refractivity contribution in [3.8, 4) is 0 Å². The van der Waals surface area contributed by atoms with Crippen molar-refractivity contribution in [2.45, 2.75) is 90.1 Å². The lowest BCUT2D eigenvalue weighted by Gasteiger charge is -2.18. The molecule has 0 heterocycles. The van der Waals surface area contributed by atoms with Crippen LogP contribution in [0.3, 0.4) is 0 Å². The van der Waals surface area contributed by atoms with E-state index < -0.39 is 0 Å². The molecule has 0 spiro atoms. The van der Waals surface area contributed by atoms with Crippen molar-refractivity contribution in [3.63, 3.8) is 0 Å². The fourth-order valence-electron chi connectivity index (χ4n) is 2.65. The Morgan fingerprint density at radius 3 is 2.41 bits per heavy atom. The van der Waals surface area contributed by atoms with Gasteiger partial charge in [0.25, 0.3) is 0 Å². The van der Waals surface area contributed by atoms with Gasteiger partial charge in [0.1, 0.15) is 0 Å². The van der Waals surface area contributed by atoms with Gasteiger partial charge in [0, 0.05) is 0 Å².